The van der Waals surface area contributed by atoms with Crippen LogP contribution in [0.3, 0.4) is 0 Å². The molecular weight excluding hydrogens is 190 g/mol. The third-order valence-electron chi connectivity index (χ3n) is 1.70. The first-order valence-corrected chi connectivity index (χ1v) is 4.38. The number of ether oxygens (including phenoxy) is 1. The van der Waals surface area contributed by atoms with E-state index in [1.807, 2.05) is 0 Å². The van der Waals surface area contributed by atoms with Gasteiger partial charge < -0.3 is 10.1 Å². The standard InChI is InChI=1S/C8H15NO3S/c1-5(2)8(13,7(11)12-4)9-6(3)10/h5,13H,1-4H3,(H,9,10). The van der Waals surface area contributed by atoms with Gasteiger partial charge in [-0.25, -0.2) is 4.79 Å². The number of hydrogen-bond donors (Lipinski definition) is 2. The lowest BCUT2D eigenvalue weighted by atomic mass is 10.0. The van der Waals surface area contributed by atoms with Gasteiger partial charge in [-0.1, -0.05) is 13.8 Å². The molecule has 0 aliphatic carbocycles. The molecule has 1 unspecified atom stereocenters. The van der Waals surface area contributed by atoms with Gasteiger partial charge in [0, 0.05) is 6.92 Å². The van der Waals surface area contributed by atoms with E-state index in [1.165, 1.54) is 14.0 Å². The lowest BCUT2D eigenvalue weighted by Gasteiger charge is -2.29. The van der Waals surface area contributed by atoms with Crippen molar-refractivity contribution in [1.82, 2.24) is 5.32 Å². The number of hydrogen-bond acceptors (Lipinski definition) is 4. The SMILES string of the molecule is COC(=O)C(S)(NC(C)=O)C(C)C. The van der Waals surface area contributed by atoms with Crippen LogP contribution in [0.5, 0.6) is 0 Å². The molecule has 1 amide bonds. The topological polar surface area (TPSA) is 55.4 Å². The lowest BCUT2D eigenvalue weighted by molar-refractivity contribution is -0.147. The van der Waals surface area contributed by atoms with E-state index in [2.05, 4.69) is 22.7 Å². The number of carbonyl (C=O) groups excluding carboxylic acids is 2. The molecule has 0 aromatic carbocycles. The van der Waals surface area contributed by atoms with Crippen molar-refractivity contribution in [2.24, 2.45) is 5.92 Å². The van der Waals surface area contributed by atoms with E-state index in [9.17, 15) is 9.59 Å². The van der Waals surface area contributed by atoms with E-state index in [0.29, 0.717) is 0 Å². The van der Waals surface area contributed by atoms with Gasteiger partial charge in [-0.3, -0.25) is 4.79 Å². The molecule has 13 heavy (non-hydrogen) atoms. The minimum absolute atomic E-state index is 0.146. The normalized spacial score (nSPS) is 14.9. The van der Waals surface area contributed by atoms with E-state index < -0.39 is 10.8 Å². The van der Waals surface area contributed by atoms with Crippen LogP contribution in [0.25, 0.3) is 0 Å². The van der Waals surface area contributed by atoms with Gasteiger partial charge in [0.1, 0.15) is 0 Å². The zero-order valence-electron chi connectivity index (χ0n) is 8.25. The van der Waals surface area contributed by atoms with Crippen molar-refractivity contribution in [2.45, 2.75) is 25.6 Å². The molecule has 4 nitrogen and oxygen atoms in total. The molecule has 0 saturated carbocycles. The monoisotopic (exact) mass is 205 g/mol. The summed E-state index contributed by atoms with van der Waals surface area (Å²) in [4.78, 5) is 20.9. The maximum atomic E-state index is 11.3. The van der Waals surface area contributed by atoms with Gasteiger partial charge in [0.2, 0.25) is 5.91 Å². The number of thiol groups is 1. The van der Waals surface area contributed by atoms with Gasteiger partial charge in [0.25, 0.3) is 0 Å². The second-order valence-corrected chi connectivity index (χ2v) is 3.80. The molecule has 0 heterocycles. The van der Waals surface area contributed by atoms with Crippen LogP contribution >= 0.6 is 12.6 Å². The maximum Gasteiger partial charge on any atom is 0.342 e. The number of amides is 1. The van der Waals surface area contributed by atoms with Crippen LogP contribution < -0.4 is 5.32 Å². The third kappa shape index (κ3) is 2.91. The molecule has 0 spiro atoms. The molecule has 0 aromatic rings. The van der Waals surface area contributed by atoms with Crippen molar-refractivity contribution in [3.63, 3.8) is 0 Å². The summed E-state index contributed by atoms with van der Waals surface area (Å²) in [7, 11) is 1.26. The first-order chi connectivity index (χ1) is 5.84. The predicted molar refractivity (Wildman–Crippen MR) is 52.4 cm³/mol. The van der Waals surface area contributed by atoms with Crippen LogP contribution in [0.15, 0.2) is 0 Å². The summed E-state index contributed by atoms with van der Waals surface area (Å²) in [5, 5.41) is 2.46. The Morgan fingerprint density at radius 3 is 2.15 bits per heavy atom. The van der Waals surface area contributed by atoms with E-state index in [0.717, 1.165) is 0 Å². The zero-order valence-corrected chi connectivity index (χ0v) is 9.14. The van der Waals surface area contributed by atoms with Crippen LogP contribution in [0.1, 0.15) is 20.8 Å². The molecule has 0 aromatic heterocycles. The summed E-state index contributed by atoms with van der Waals surface area (Å²) in [6.45, 7) is 4.88. The molecule has 0 radical (unpaired) electrons. The minimum Gasteiger partial charge on any atom is -0.467 e. The fourth-order valence-corrected chi connectivity index (χ4v) is 1.10. The Morgan fingerprint density at radius 2 is 1.92 bits per heavy atom. The number of rotatable bonds is 3. The van der Waals surface area contributed by atoms with E-state index in [1.54, 1.807) is 13.8 Å². The highest BCUT2D eigenvalue weighted by molar-refractivity contribution is 7.82. The fourth-order valence-electron chi connectivity index (χ4n) is 0.855. The van der Waals surface area contributed by atoms with Gasteiger partial charge in [0.05, 0.1) is 7.11 Å². The molecule has 76 valence electrons. The highest BCUT2D eigenvalue weighted by Gasteiger charge is 2.39. The van der Waals surface area contributed by atoms with E-state index in [-0.39, 0.29) is 11.8 Å². The quantitative estimate of drug-likeness (QED) is 0.402. The summed E-state index contributed by atoms with van der Waals surface area (Å²) in [5.74, 6) is -1.01. The third-order valence-corrected chi connectivity index (χ3v) is 2.51. The van der Waals surface area contributed by atoms with Crippen LogP contribution in [-0.2, 0) is 14.3 Å². The Morgan fingerprint density at radius 1 is 1.46 bits per heavy atom. The zero-order chi connectivity index (χ0) is 10.6. The first-order valence-electron chi connectivity index (χ1n) is 3.94. The second-order valence-electron chi connectivity index (χ2n) is 3.09. The Balaban J connectivity index is 4.72. The van der Waals surface area contributed by atoms with Gasteiger partial charge in [-0.05, 0) is 5.92 Å². The average molecular weight is 205 g/mol. The van der Waals surface area contributed by atoms with Crippen molar-refractivity contribution in [2.75, 3.05) is 7.11 Å². The molecule has 0 rings (SSSR count). The maximum absolute atomic E-state index is 11.3. The summed E-state index contributed by atoms with van der Waals surface area (Å²) in [5.41, 5.74) is 0. The number of nitrogens with one attached hydrogen (secondary N) is 1. The molecule has 0 fully saturated rings. The fraction of sp³-hybridized carbons (Fsp3) is 0.750. The summed E-state index contributed by atoms with van der Waals surface area (Å²) < 4.78 is 4.55. The predicted octanol–water partition coefficient (Wildman–Crippen LogP) is 0.578. The summed E-state index contributed by atoms with van der Waals surface area (Å²) in [6, 6.07) is 0. The molecule has 0 aliphatic rings. The number of esters is 1. The van der Waals surface area contributed by atoms with Crippen LogP contribution in [-0.4, -0.2) is 23.9 Å². The van der Waals surface area contributed by atoms with Crippen molar-refractivity contribution in [3.8, 4) is 0 Å². The van der Waals surface area contributed by atoms with Crippen LogP contribution in [0, 0.1) is 5.92 Å². The van der Waals surface area contributed by atoms with E-state index >= 15 is 0 Å². The molecular formula is C8H15NO3S. The molecule has 0 bridgehead atoms. The second kappa shape index (κ2) is 4.50. The molecule has 1 atom stereocenters. The number of carbonyl (C=O) groups is 2. The lowest BCUT2D eigenvalue weighted by Crippen LogP contribution is -2.53. The van der Waals surface area contributed by atoms with Crippen molar-refractivity contribution in [3.05, 3.63) is 0 Å². The van der Waals surface area contributed by atoms with Crippen molar-refractivity contribution >= 4 is 24.5 Å². The number of methoxy groups -OCH3 is 1. The summed E-state index contributed by atoms with van der Waals surface area (Å²) in [6.07, 6.45) is 0. The summed E-state index contributed by atoms with van der Waals surface area (Å²) >= 11 is 4.12. The van der Waals surface area contributed by atoms with Crippen molar-refractivity contribution in [1.29, 1.82) is 0 Å². The Hall–Kier alpha value is -0.710. The smallest absolute Gasteiger partial charge is 0.342 e. The van der Waals surface area contributed by atoms with Gasteiger partial charge >= 0.3 is 5.97 Å². The molecule has 0 saturated heterocycles. The molecule has 1 N–H and O–H groups in total. The Bertz CT molecular complexity index is 217. The van der Waals surface area contributed by atoms with Crippen LogP contribution in [0.4, 0.5) is 0 Å². The largest absolute Gasteiger partial charge is 0.467 e. The molecule has 5 heteroatoms. The molecule has 0 aliphatic heterocycles. The highest BCUT2D eigenvalue weighted by Crippen LogP contribution is 2.22. The van der Waals surface area contributed by atoms with Gasteiger partial charge in [0.15, 0.2) is 4.87 Å². The minimum atomic E-state index is -1.24. The van der Waals surface area contributed by atoms with Crippen LogP contribution in [0.2, 0.25) is 0 Å². The Labute approximate surface area is 83.4 Å². The Kier molecular flexibility index (Phi) is 4.26. The first kappa shape index (κ1) is 12.3. The average Bonchev–Trinajstić information content (AvgIpc) is 2.01. The highest BCUT2D eigenvalue weighted by atomic mass is 32.1. The van der Waals surface area contributed by atoms with Gasteiger partial charge in [-0.2, -0.15) is 0 Å². The van der Waals surface area contributed by atoms with Crippen molar-refractivity contribution < 1.29 is 14.3 Å². The van der Waals surface area contributed by atoms with E-state index in [4.69, 9.17) is 0 Å². The van der Waals surface area contributed by atoms with Gasteiger partial charge in [-0.15, -0.1) is 12.6 Å².